The molecule has 0 spiro atoms. The van der Waals surface area contributed by atoms with E-state index in [-0.39, 0.29) is 0 Å². The standard InChI is InChI=1S/C13H28BN2/c1-4-5-6-7-8-13(2)14-16-11-9-15(3)10-12-16/h13H,4-12H2,1-3H3. The molecule has 1 unspecified atom stereocenters. The van der Waals surface area contributed by atoms with Gasteiger partial charge in [-0.2, -0.15) is 0 Å². The van der Waals surface area contributed by atoms with E-state index in [1.807, 2.05) is 0 Å². The van der Waals surface area contributed by atoms with Crippen LogP contribution in [0.1, 0.15) is 46.0 Å². The van der Waals surface area contributed by atoms with Gasteiger partial charge in [-0.15, -0.1) is 0 Å². The molecule has 1 fully saturated rings. The first-order valence-corrected chi connectivity index (χ1v) is 7.00. The molecule has 1 aliphatic heterocycles. The topological polar surface area (TPSA) is 6.48 Å². The molecule has 3 heteroatoms. The van der Waals surface area contributed by atoms with Crippen molar-refractivity contribution in [3.8, 4) is 0 Å². The molecule has 1 heterocycles. The van der Waals surface area contributed by atoms with Crippen LogP contribution in [0.15, 0.2) is 0 Å². The molecule has 1 saturated heterocycles. The van der Waals surface area contributed by atoms with E-state index in [1.54, 1.807) is 0 Å². The summed E-state index contributed by atoms with van der Waals surface area (Å²) in [7, 11) is 4.68. The lowest BCUT2D eigenvalue weighted by molar-refractivity contribution is 0.222. The van der Waals surface area contributed by atoms with Gasteiger partial charge in [-0.05, 0) is 20.1 Å². The monoisotopic (exact) mass is 223 g/mol. The van der Waals surface area contributed by atoms with Crippen molar-refractivity contribution in [3.05, 3.63) is 0 Å². The summed E-state index contributed by atoms with van der Waals surface area (Å²) in [4.78, 5) is 4.93. The number of likely N-dealkylation sites (N-methyl/N-ethyl adjacent to an activating group) is 1. The summed E-state index contributed by atoms with van der Waals surface area (Å²) < 4.78 is 0. The van der Waals surface area contributed by atoms with Gasteiger partial charge in [-0.25, -0.2) is 0 Å². The molecule has 0 aromatic heterocycles. The Labute approximate surface area is 103 Å². The third-order valence-corrected chi connectivity index (χ3v) is 3.52. The third-order valence-electron chi connectivity index (χ3n) is 3.52. The molecule has 0 aliphatic carbocycles. The highest BCUT2D eigenvalue weighted by molar-refractivity contribution is 6.34. The number of hydrogen-bond donors (Lipinski definition) is 0. The number of unbranched alkanes of at least 4 members (excludes halogenated alkanes) is 3. The molecular weight excluding hydrogens is 195 g/mol. The second-order valence-electron chi connectivity index (χ2n) is 5.31. The van der Waals surface area contributed by atoms with Crippen LogP contribution in [0.2, 0.25) is 5.82 Å². The van der Waals surface area contributed by atoms with Crippen LogP contribution < -0.4 is 0 Å². The van der Waals surface area contributed by atoms with E-state index in [4.69, 9.17) is 0 Å². The largest absolute Gasteiger partial charge is 0.344 e. The maximum Gasteiger partial charge on any atom is 0.211 e. The molecule has 0 saturated carbocycles. The van der Waals surface area contributed by atoms with E-state index in [2.05, 4.69) is 38.0 Å². The summed E-state index contributed by atoms with van der Waals surface area (Å²) in [6, 6.07) is 0. The first-order chi connectivity index (χ1) is 7.72. The van der Waals surface area contributed by atoms with Crippen LogP contribution in [0.3, 0.4) is 0 Å². The average molecular weight is 223 g/mol. The molecule has 0 N–H and O–H groups in total. The zero-order valence-electron chi connectivity index (χ0n) is 11.4. The van der Waals surface area contributed by atoms with Crippen molar-refractivity contribution in [3.63, 3.8) is 0 Å². The third kappa shape index (κ3) is 5.90. The van der Waals surface area contributed by atoms with Gasteiger partial charge in [0.05, 0.1) is 0 Å². The first-order valence-electron chi connectivity index (χ1n) is 7.00. The smallest absolute Gasteiger partial charge is 0.211 e. The summed E-state index contributed by atoms with van der Waals surface area (Å²) in [6.45, 7) is 9.52. The van der Waals surface area contributed by atoms with Crippen molar-refractivity contribution < 1.29 is 0 Å². The lowest BCUT2D eigenvalue weighted by Gasteiger charge is -2.33. The number of nitrogens with zero attached hydrogens (tertiary/aromatic N) is 2. The predicted octanol–water partition coefficient (Wildman–Crippen LogP) is 2.63. The summed E-state index contributed by atoms with van der Waals surface area (Å²) in [5, 5.41) is 0. The van der Waals surface area contributed by atoms with Gasteiger partial charge in [0.15, 0.2) is 0 Å². The van der Waals surface area contributed by atoms with Gasteiger partial charge in [0.1, 0.15) is 0 Å². The van der Waals surface area contributed by atoms with Gasteiger partial charge < -0.3 is 9.71 Å². The SMILES string of the molecule is CCCCCCC(C)[B]N1CCN(C)CC1. The highest BCUT2D eigenvalue weighted by Gasteiger charge is 2.17. The van der Waals surface area contributed by atoms with Crippen molar-refractivity contribution in [2.75, 3.05) is 33.2 Å². The van der Waals surface area contributed by atoms with Crippen molar-refractivity contribution >= 4 is 7.41 Å². The molecule has 1 rings (SSSR count). The first kappa shape index (κ1) is 14.0. The summed E-state index contributed by atoms with van der Waals surface area (Å²) in [5.41, 5.74) is 0. The average Bonchev–Trinajstić information content (AvgIpc) is 2.28. The van der Waals surface area contributed by atoms with Crippen molar-refractivity contribution in [2.45, 2.75) is 51.8 Å². The highest BCUT2D eigenvalue weighted by atomic mass is 15.2. The molecular formula is C13H28BN2. The Bertz CT molecular complexity index is 167. The lowest BCUT2D eigenvalue weighted by atomic mass is 9.71. The lowest BCUT2D eigenvalue weighted by Crippen LogP contribution is -2.46. The zero-order valence-corrected chi connectivity index (χ0v) is 11.4. The van der Waals surface area contributed by atoms with Crippen LogP contribution in [-0.4, -0.2) is 50.4 Å². The number of piperazine rings is 1. The quantitative estimate of drug-likeness (QED) is 0.483. The van der Waals surface area contributed by atoms with E-state index >= 15 is 0 Å². The van der Waals surface area contributed by atoms with Crippen LogP contribution in [0.25, 0.3) is 0 Å². The minimum Gasteiger partial charge on any atom is -0.344 e. The summed E-state index contributed by atoms with van der Waals surface area (Å²) >= 11 is 0. The highest BCUT2D eigenvalue weighted by Crippen LogP contribution is 2.16. The Morgan fingerprint density at radius 3 is 2.38 bits per heavy atom. The van der Waals surface area contributed by atoms with Crippen molar-refractivity contribution in [2.24, 2.45) is 0 Å². The van der Waals surface area contributed by atoms with Gasteiger partial charge in [0, 0.05) is 13.1 Å². The van der Waals surface area contributed by atoms with Crippen LogP contribution in [0.5, 0.6) is 0 Å². The minimum absolute atomic E-state index is 0.764. The van der Waals surface area contributed by atoms with Crippen molar-refractivity contribution in [1.29, 1.82) is 0 Å². The summed E-state index contributed by atoms with van der Waals surface area (Å²) in [6.07, 6.45) is 6.93. The Kier molecular flexibility index (Phi) is 7.14. The van der Waals surface area contributed by atoms with E-state index in [0.29, 0.717) is 0 Å². The molecule has 16 heavy (non-hydrogen) atoms. The zero-order chi connectivity index (χ0) is 11.8. The van der Waals surface area contributed by atoms with Gasteiger partial charge in [0.2, 0.25) is 7.41 Å². The fourth-order valence-electron chi connectivity index (χ4n) is 2.30. The Hall–Kier alpha value is -0.0151. The second kappa shape index (κ2) is 8.13. The Morgan fingerprint density at radius 2 is 1.75 bits per heavy atom. The van der Waals surface area contributed by atoms with E-state index in [0.717, 1.165) is 5.82 Å². The van der Waals surface area contributed by atoms with Gasteiger partial charge in [-0.1, -0.05) is 51.8 Å². The van der Waals surface area contributed by atoms with E-state index in [1.165, 1.54) is 58.3 Å². The maximum absolute atomic E-state index is 2.52. The second-order valence-corrected chi connectivity index (χ2v) is 5.31. The van der Waals surface area contributed by atoms with Crippen LogP contribution >= 0.6 is 0 Å². The van der Waals surface area contributed by atoms with E-state index in [9.17, 15) is 0 Å². The van der Waals surface area contributed by atoms with Gasteiger partial charge in [-0.3, -0.25) is 0 Å². The van der Waals surface area contributed by atoms with E-state index < -0.39 is 0 Å². The molecule has 1 aliphatic rings. The van der Waals surface area contributed by atoms with Gasteiger partial charge in [0.25, 0.3) is 0 Å². The number of rotatable bonds is 7. The molecule has 0 amide bonds. The predicted molar refractivity (Wildman–Crippen MR) is 73.0 cm³/mol. The molecule has 1 radical (unpaired) electrons. The maximum atomic E-state index is 2.52. The molecule has 2 nitrogen and oxygen atoms in total. The fraction of sp³-hybridized carbons (Fsp3) is 1.00. The Balaban J connectivity index is 2.02. The van der Waals surface area contributed by atoms with Gasteiger partial charge >= 0.3 is 0 Å². The fourth-order valence-corrected chi connectivity index (χ4v) is 2.30. The molecule has 0 aromatic rings. The van der Waals surface area contributed by atoms with Crippen LogP contribution in [0, 0.1) is 0 Å². The van der Waals surface area contributed by atoms with Crippen molar-refractivity contribution in [1.82, 2.24) is 9.71 Å². The molecule has 1 atom stereocenters. The molecule has 0 bridgehead atoms. The normalized spacial score (nSPS) is 20.9. The minimum atomic E-state index is 0.764. The Morgan fingerprint density at radius 1 is 1.06 bits per heavy atom. The summed E-state index contributed by atoms with van der Waals surface area (Å²) in [5.74, 6) is 0.764. The van der Waals surface area contributed by atoms with Crippen LogP contribution in [0.4, 0.5) is 0 Å². The van der Waals surface area contributed by atoms with Crippen LogP contribution in [-0.2, 0) is 0 Å². The molecule has 0 aromatic carbocycles. The molecule has 93 valence electrons. The number of hydrogen-bond acceptors (Lipinski definition) is 2.